The minimum atomic E-state index is -3.88. The van der Waals surface area contributed by atoms with Crippen LogP contribution >= 0.6 is 15.9 Å². The Labute approximate surface area is 178 Å². The molecule has 1 fully saturated rings. The van der Waals surface area contributed by atoms with Gasteiger partial charge in [0, 0.05) is 16.7 Å². The van der Waals surface area contributed by atoms with E-state index in [1.54, 1.807) is 23.1 Å². The van der Waals surface area contributed by atoms with Crippen molar-refractivity contribution < 1.29 is 13.2 Å². The third-order valence-corrected chi connectivity index (χ3v) is 7.33. The van der Waals surface area contributed by atoms with Gasteiger partial charge in [-0.2, -0.15) is 0 Å². The van der Waals surface area contributed by atoms with Crippen LogP contribution in [0.15, 0.2) is 94.3 Å². The second-order valence-electron chi connectivity index (χ2n) is 6.76. The number of carbonyl (C=O) groups excluding carboxylic acids is 1. The fraction of sp³-hybridized carbons (Fsp3) is 0.136. The third kappa shape index (κ3) is 3.85. The van der Waals surface area contributed by atoms with Crippen molar-refractivity contribution in [2.75, 3.05) is 11.4 Å². The first kappa shape index (κ1) is 19.8. The van der Waals surface area contributed by atoms with Gasteiger partial charge >= 0.3 is 0 Å². The maximum absolute atomic E-state index is 13.5. The van der Waals surface area contributed by atoms with E-state index in [0.717, 1.165) is 10.0 Å². The first-order chi connectivity index (χ1) is 14.0. The summed E-state index contributed by atoms with van der Waals surface area (Å²) in [7, 11) is -3.88. The fourth-order valence-corrected chi connectivity index (χ4v) is 5.46. The van der Waals surface area contributed by atoms with Crippen LogP contribution in [-0.4, -0.2) is 26.2 Å². The summed E-state index contributed by atoms with van der Waals surface area (Å²) < 4.78 is 27.2. The Kier molecular flexibility index (Phi) is 5.54. The van der Waals surface area contributed by atoms with E-state index < -0.39 is 21.1 Å². The Morgan fingerprint density at radius 3 is 2.21 bits per heavy atom. The second-order valence-corrected chi connectivity index (χ2v) is 9.71. The number of hydrogen-bond donors (Lipinski definition) is 1. The number of nitrogens with zero attached hydrogens (tertiary/aromatic N) is 1. The molecule has 4 rings (SSSR count). The number of halogens is 1. The predicted molar refractivity (Wildman–Crippen MR) is 116 cm³/mol. The van der Waals surface area contributed by atoms with Gasteiger partial charge < -0.3 is 4.90 Å². The Balaban J connectivity index is 1.77. The van der Waals surface area contributed by atoms with E-state index in [0.29, 0.717) is 12.2 Å². The lowest BCUT2D eigenvalue weighted by molar-refractivity contribution is -0.120. The standard InChI is InChI=1S/C22H19BrN2O3S/c23-17-9-7-8-16(14-17)20-15-24-21(29(27,28)19-12-5-2-6-13-19)22(26)25(20)18-10-3-1-4-11-18/h1-14,20-21,24H,15H2. The number of carbonyl (C=O) groups is 1. The smallest absolute Gasteiger partial charge is 0.260 e. The Morgan fingerprint density at radius 2 is 1.55 bits per heavy atom. The van der Waals surface area contributed by atoms with E-state index in [4.69, 9.17) is 0 Å². The zero-order valence-corrected chi connectivity index (χ0v) is 17.8. The molecule has 2 unspecified atom stereocenters. The van der Waals surface area contributed by atoms with Gasteiger partial charge in [-0.3, -0.25) is 10.1 Å². The lowest BCUT2D eigenvalue weighted by Crippen LogP contribution is -2.59. The molecule has 1 amide bonds. The topological polar surface area (TPSA) is 66.5 Å². The molecule has 1 heterocycles. The molecule has 0 bridgehead atoms. The molecule has 1 aliphatic heterocycles. The SMILES string of the molecule is O=C1C(S(=O)(=O)c2ccccc2)NCC(c2cccc(Br)c2)N1c1ccccc1. The fourth-order valence-electron chi connectivity index (χ4n) is 3.54. The van der Waals surface area contributed by atoms with E-state index in [-0.39, 0.29) is 10.9 Å². The van der Waals surface area contributed by atoms with Crippen LogP contribution in [0.4, 0.5) is 5.69 Å². The summed E-state index contributed by atoms with van der Waals surface area (Å²) in [6.07, 6.45) is 0. The molecule has 1 saturated heterocycles. The van der Waals surface area contributed by atoms with Crippen LogP contribution in [0.2, 0.25) is 0 Å². The lowest BCUT2D eigenvalue weighted by Gasteiger charge is -2.40. The highest BCUT2D eigenvalue weighted by Crippen LogP contribution is 2.33. The zero-order chi connectivity index (χ0) is 20.4. The first-order valence-corrected chi connectivity index (χ1v) is 11.5. The predicted octanol–water partition coefficient (Wildman–Crippen LogP) is 3.93. The number of piperazine rings is 1. The lowest BCUT2D eigenvalue weighted by atomic mass is 10.0. The average Bonchev–Trinajstić information content (AvgIpc) is 2.74. The molecule has 5 nitrogen and oxygen atoms in total. The largest absolute Gasteiger partial charge is 0.301 e. The van der Waals surface area contributed by atoms with Gasteiger partial charge in [0.15, 0.2) is 5.37 Å². The van der Waals surface area contributed by atoms with Gasteiger partial charge in [0.2, 0.25) is 9.84 Å². The summed E-state index contributed by atoms with van der Waals surface area (Å²) >= 11 is 3.47. The van der Waals surface area contributed by atoms with Crippen LogP contribution in [0.3, 0.4) is 0 Å². The molecular weight excluding hydrogens is 452 g/mol. The van der Waals surface area contributed by atoms with Crippen molar-refractivity contribution in [1.82, 2.24) is 5.32 Å². The van der Waals surface area contributed by atoms with E-state index in [2.05, 4.69) is 21.2 Å². The maximum Gasteiger partial charge on any atom is 0.260 e. The summed E-state index contributed by atoms with van der Waals surface area (Å²) in [5.74, 6) is -0.490. The van der Waals surface area contributed by atoms with Gasteiger partial charge in [-0.05, 0) is 42.0 Å². The molecule has 3 aromatic carbocycles. The zero-order valence-electron chi connectivity index (χ0n) is 15.4. The number of hydrogen-bond acceptors (Lipinski definition) is 4. The number of sulfone groups is 1. The number of nitrogens with one attached hydrogen (secondary N) is 1. The van der Waals surface area contributed by atoms with Crippen LogP contribution in [0.25, 0.3) is 0 Å². The van der Waals surface area contributed by atoms with Crippen LogP contribution in [0, 0.1) is 0 Å². The molecule has 0 radical (unpaired) electrons. The van der Waals surface area contributed by atoms with E-state index in [1.807, 2.05) is 54.6 Å². The van der Waals surface area contributed by atoms with Crippen molar-refractivity contribution >= 4 is 37.4 Å². The van der Waals surface area contributed by atoms with Crippen molar-refractivity contribution in [1.29, 1.82) is 0 Å². The molecule has 2 atom stereocenters. The summed E-state index contributed by atoms with van der Waals surface area (Å²) in [6.45, 7) is 0.313. The number of para-hydroxylation sites is 1. The molecule has 0 saturated carbocycles. The molecule has 29 heavy (non-hydrogen) atoms. The minimum Gasteiger partial charge on any atom is -0.301 e. The maximum atomic E-state index is 13.5. The van der Waals surface area contributed by atoms with Crippen LogP contribution in [0.1, 0.15) is 11.6 Å². The monoisotopic (exact) mass is 470 g/mol. The number of amides is 1. The van der Waals surface area contributed by atoms with Crippen molar-refractivity contribution in [2.24, 2.45) is 0 Å². The Hall–Kier alpha value is -2.48. The molecule has 148 valence electrons. The van der Waals surface area contributed by atoms with Gasteiger partial charge in [-0.25, -0.2) is 8.42 Å². The van der Waals surface area contributed by atoms with Crippen molar-refractivity contribution in [3.8, 4) is 0 Å². The van der Waals surface area contributed by atoms with Gasteiger partial charge in [-0.15, -0.1) is 0 Å². The van der Waals surface area contributed by atoms with Crippen LogP contribution in [0.5, 0.6) is 0 Å². The highest BCUT2D eigenvalue weighted by Gasteiger charge is 2.44. The molecule has 3 aromatic rings. The number of rotatable bonds is 4. The summed E-state index contributed by atoms with van der Waals surface area (Å²) in [5, 5.41) is 1.64. The number of anilines is 1. The summed E-state index contributed by atoms with van der Waals surface area (Å²) in [6, 6.07) is 24.6. The minimum absolute atomic E-state index is 0.125. The summed E-state index contributed by atoms with van der Waals surface area (Å²) in [5.41, 5.74) is 1.58. The van der Waals surface area contributed by atoms with E-state index in [1.165, 1.54) is 12.1 Å². The normalized spacial score (nSPS) is 19.9. The van der Waals surface area contributed by atoms with Gasteiger partial charge in [0.25, 0.3) is 5.91 Å². The molecule has 0 aromatic heterocycles. The van der Waals surface area contributed by atoms with Crippen molar-refractivity contribution in [2.45, 2.75) is 16.3 Å². The third-order valence-electron chi connectivity index (χ3n) is 4.92. The highest BCUT2D eigenvalue weighted by molar-refractivity contribution is 9.10. The van der Waals surface area contributed by atoms with Crippen LogP contribution < -0.4 is 10.2 Å². The Bertz CT molecular complexity index is 1120. The van der Waals surface area contributed by atoms with Crippen molar-refractivity contribution in [3.05, 3.63) is 95.0 Å². The second kappa shape index (κ2) is 8.10. The molecule has 0 aliphatic carbocycles. The first-order valence-electron chi connectivity index (χ1n) is 9.14. The Morgan fingerprint density at radius 1 is 0.897 bits per heavy atom. The van der Waals surface area contributed by atoms with Crippen molar-refractivity contribution in [3.63, 3.8) is 0 Å². The number of benzene rings is 3. The molecule has 7 heteroatoms. The highest BCUT2D eigenvalue weighted by atomic mass is 79.9. The van der Waals surface area contributed by atoms with Crippen LogP contribution in [-0.2, 0) is 14.6 Å². The molecular formula is C22H19BrN2O3S. The quantitative estimate of drug-likeness (QED) is 0.627. The van der Waals surface area contributed by atoms with E-state index in [9.17, 15) is 13.2 Å². The average molecular weight is 471 g/mol. The van der Waals surface area contributed by atoms with Gasteiger partial charge in [-0.1, -0.05) is 64.5 Å². The molecule has 1 aliphatic rings. The summed E-state index contributed by atoms with van der Waals surface area (Å²) in [4.78, 5) is 15.2. The van der Waals surface area contributed by atoms with Gasteiger partial charge in [0.1, 0.15) is 0 Å². The van der Waals surface area contributed by atoms with Gasteiger partial charge in [0.05, 0.1) is 10.9 Å². The van der Waals surface area contributed by atoms with E-state index >= 15 is 0 Å². The molecule has 1 N–H and O–H groups in total. The molecule has 0 spiro atoms.